The molecule has 2 heterocycles. The quantitative estimate of drug-likeness (QED) is 0.703. The van der Waals surface area contributed by atoms with Gasteiger partial charge in [-0.15, -0.1) is 0 Å². The second kappa shape index (κ2) is 3.90. The standard InChI is InChI=1S/C13H12N4/c1-9-7-15-13(16-9)17-11-6-10-4-2-3-5-12(10)14-8-11/h2-8H,1H3,(H2,15,16,17). The molecule has 4 nitrogen and oxygen atoms in total. The molecule has 2 aromatic heterocycles. The van der Waals surface area contributed by atoms with Crippen LogP contribution in [0.2, 0.25) is 0 Å². The van der Waals surface area contributed by atoms with E-state index < -0.39 is 0 Å². The van der Waals surface area contributed by atoms with Gasteiger partial charge in [-0.05, 0) is 19.1 Å². The molecule has 3 rings (SSSR count). The van der Waals surface area contributed by atoms with Crippen LogP contribution in [-0.2, 0) is 0 Å². The third kappa shape index (κ3) is 1.97. The number of aromatic amines is 1. The van der Waals surface area contributed by atoms with E-state index in [2.05, 4.69) is 26.3 Å². The van der Waals surface area contributed by atoms with Gasteiger partial charge in [-0.2, -0.15) is 0 Å². The third-order valence-electron chi connectivity index (χ3n) is 2.56. The molecule has 0 saturated heterocycles. The van der Waals surface area contributed by atoms with Gasteiger partial charge in [-0.1, -0.05) is 18.2 Å². The van der Waals surface area contributed by atoms with Crippen molar-refractivity contribution in [1.82, 2.24) is 15.0 Å². The number of H-pyrrole nitrogens is 1. The van der Waals surface area contributed by atoms with Crippen molar-refractivity contribution in [3.05, 3.63) is 48.4 Å². The van der Waals surface area contributed by atoms with Gasteiger partial charge in [0.1, 0.15) is 0 Å². The fraction of sp³-hybridized carbons (Fsp3) is 0.0769. The molecular weight excluding hydrogens is 212 g/mol. The van der Waals surface area contributed by atoms with Crippen LogP contribution in [0.1, 0.15) is 5.69 Å². The number of hydrogen-bond donors (Lipinski definition) is 2. The summed E-state index contributed by atoms with van der Waals surface area (Å²) in [6, 6.07) is 10.1. The highest BCUT2D eigenvalue weighted by Gasteiger charge is 2.00. The van der Waals surface area contributed by atoms with E-state index in [0.717, 1.165) is 28.2 Å². The van der Waals surface area contributed by atoms with Crippen LogP contribution < -0.4 is 5.32 Å². The van der Waals surface area contributed by atoms with Crippen LogP contribution in [0.15, 0.2) is 42.7 Å². The molecule has 0 atom stereocenters. The van der Waals surface area contributed by atoms with Gasteiger partial charge in [-0.25, -0.2) is 4.98 Å². The van der Waals surface area contributed by atoms with Crippen LogP contribution in [0.4, 0.5) is 11.6 Å². The molecule has 0 amide bonds. The van der Waals surface area contributed by atoms with Gasteiger partial charge < -0.3 is 10.3 Å². The van der Waals surface area contributed by atoms with Crippen molar-refractivity contribution in [2.75, 3.05) is 5.32 Å². The molecule has 4 heteroatoms. The summed E-state index contributed by atoms with van der Waals surface area (Å²) in [7, 11) is 0. The summed E-state index contributed by atoms with van der Waals surface area (Å²) in [5.41, 5.74) is 2.95. The number of hydrogen-bond acceptors (Lipinski definition) is 3. The minimum absolute atomic E-state index is 0.736. The fourth-order valence-electron chi connectivity index (χ4n) is 1.75. The number of nitrogens with zero attached hydrogens (tertiary/aromatic N) is 2. The average molecular weight is 224 g/mol. The lowest BCUT2D eigenvalue weighted by atomic mass is 10.2. The zero-order valence-electron chi connectivity index (χ0n) is 9.44. The van der Waals surface area contributed by atoms with Crippen molar-refractivity contribution in [2.45, 2.75) is 6.92 Å². The maximum Gasteiger partial charge on any atom is 0.204 e. The van der Waals surface area contributed by atoms with Gasteiger partial charge in [-0.3, -0.25) is 4.98 Å². The van der Waals surface area contributed by atoms with Crippen LogP contribution >= 0.6 is 0 Å². The molecule has 3 aromatic rings. The second-order valence-electron chi connectivity index (χ2n) is 3.96. The summed E-state index contributed by atoms with van der Waals surface area (Å²) in [5.74, 6) is 0.736. The molecule has 84 valence electrons. The van der Waals surface area contributed by atoms with Gasteiger partial charge in [0.2, 0.25) is 5.95 Å². The monoisotopic (exact) mass is 224 g/mol. The zero-order chi connectivity index (χ0) is 11.7. The average Bonchev–Trinajstić information content (AvgIpc) is 2.75. The first-order valence-electron chi connectivity index (χ1n) is 5.45. The molecule has 0 radical (unpaired) electrons. The first-order valence-corrected chi connectivity index (χ1v) is 5.45. The van der Waals surface area contributed by atoms with E-state index in [1.807, 2.05) is 31.2 Å². The minimum Gasteiger partial charge on any atom is -0.328 e. The summed E-state index contributed by atoms with van der Waals surface area (Å²) < 4.78 is 0. The molecule has 0 aliphatic rings. The van der Waals surface area contributed by atoms with E-state index >= 15 is 0 Å². The molecule has 2 N–H and O–H groups in total. The van der Waals surface area contributed by atoms with E-state index in [4.69, 9.17) is 0 Å². The Hall–Kier alpha value is -2.36. The van der Waals surface area contributed by atoms with Gasteiger partial charge in [0.05, 0.1) is 17.4 Å². The summed E-state index contributed by atoms with van der Waals surface area (Å²) >= 11 is 0. The van der Waals surface area contributed by atoms with Crippen molar-refractivity contribution in [1.29, 1.82) is 0 Å². The highest BCUT2D eigenvalue weighted by atomic mass is 15.1. The number of pyridine rings is 1. The van der Waals surface area contributed by atoms with Crippen LogP contribution in [-0.4, -0.2) is 15.0 Å². The number of aromatic nitrogens is 3. The summed E-state index contributed by atoms with van der Waals surface area (Å²) in [4.78, 5) is 11.7. The number of imidazole rings is 1. The number of benzene rings is 1. The summed E-state index contributed by atoms with van der Waals surface area (Å²) in [6.07, 6.45) is 3.59. The Bertz CT molecular complexity index is 657. The van der Waals surface area contributed by atoms with Crippen molar-refractivity contribution in [3.63, 3.8) is 0 Å². The van der Waals surface area contributed by atoms with Crippen molar-refractivity contribution >= 4 is 22.5 Å². The number of aryl methyl sites for hydroxylation is 1. The molecule has 0 bridgehead atoms. The van der Waals surface area contributed by atoms with Crippen LogP contribution in [0.5, 0.6) is 0 Å². The lowest BCUT2D eigenvalue weighted by molar-refractivity contribution is 1.24. The Labute approximate surface area is 98.7 Å². The predicted molar refractivity (Wildman–Crippen MR) is 68.4 cm³/mol. The highest BCUT2D eigenvalue weighted by Crippen LogP contribution is 2.18. The van der Waals surface area contributed by atoms with E-state index in [1.54, 1.807) is 12.4 Å². The predicted octanol–water partition coefficient (Wildman–Crippen LogP) is 3.01. The molecule has 0 saturated carbocycles. The highest BCUT2D eigenvalue weighted by molar-refractivity contribution is 5.82. The first kappa shape index (κ1) is 9.84. The number of nitrogens with one attached hydrogen (secondary N) is 2. The fourth-order valence-corrected chi connectivity index (χ4v) is 1.75. The van der Waals surface area contributed by atoms with Gasteiger partial charge in [0, 0.05) is 17.3 Å². The third-order valence-corrected chi connectivity index (χ3v) is 2.56. The van der Waals surface area contributed by atoms with E-state index in [0.29, 0.717) is 0 Å². The van der Waals surface area contributed by atoms with Crippen molar-refractivity contribution < 1.29 is 0 Å². The Morgan fingerprint density at radius 2 is 2.00 bits per heavy atom. The number of para-hydroxylation sites is 1. The minimum atomic E-state index is 0.736. The lowest BCUT2D eigenvalue weighted by Gasteiger charge is -2.03. The normalized spacial score (nSPS) is 10.6. The van der Waals surface area contributed by atoms with E-state index in [-0.39, 0.29) is 0 Å². The Morgan fingerprint density at radius 3 is 2.82 bits per heavy atom. The molecule has 0 spiro atoms. The molecule has 0 aliphatic carbocycles. The van der Waals surface area contributed by atoms with Gasteiger partial charge in [0.25, 0.3) is 0 Å². The van der Waals surface area contributed by atoms with E-state index in [9.17, 15) is 0 Å². The molecule has 0 fully saturated rings. The Balaban J connectivity index is 1.95. The lowest BCUT2D eigenvalue weighted by Crippen LogP contribution is -1.93. The number of anilines is 2. The molecule has 0 unspecified atom stereocenters. The Morgan fingerprint density at radius 1 is 1.12 bits per heavy atom. The largest absolute Gasteiger partial charge is 0.328 e. The van der Waals surface area contributed by atoms with Crippen molar-refractivity contribution in [3.8, 4) is 0 Å². The van der Waals surface area contributed by atoms with Gasteiger partial charge >= 0.3 is 0 Å². The molecule has 0 aliphatic heterocycles. The van der Waals surface area contributed by atoms with Crippen molar-refractivity contribution in [2.24, 2.45) is 0 Å². The smallest absolute Gasteiger partial charge is 0.204 e. The second-order valence-corrected chi connectivity index (χ2v) is 3.96. The van der Waals surface area contributed by atoms with Gasteiger partial charge in [0.15, 0.2) is 0 Å². The summed E-state index contributed by atoms with van der Waals surface area (Å²) in [5, 5.41) is 4.30. The first-order chi connectivity index (χ1) is 8.31. The summed E-state index contributed by atoms with van der Waals surface area (Å²) in [6.45, 7) is 1.97. The topological polar surface area (TPSA) is 53.6 Å². The van der Waals surface area contributed by atoms with Crippen LogP contribution in [0.3, 0.4) is 0 Å². The molecule has 1 aromatic carbocycles. The Kier molecular flexibility index (Phi) is 2.26. The maximum atomic E-state index is 4.38. The molecule has 17 heavy (non-hydrogen) atoms. The number of rotatable bonds is 2. The maximum absolute atomic E-state index is 4.38. The number of fused-ring (bicyclic) bond motifs is 1. The zero-order valence-corrected chi connectivity index (χ0v) is 9.44. The van der Waals surface area contributed by atoms with E-state index in [1.165, 1.54) is 0 Å². The van der Waals surface area contributed by atoms with Crippen LogP contribution in [0.25, 0.3) is 10.9 Å². The molecular formula is C13H12N4. The SMILES string of the molecule is Cc1cnc(Nc2cnc3ccccc3c2)[nH]1. The van der Waals surface area contributed by atoms with Crippen LogP contribution in [0, 0.1) is 6.92 Å².